The van der Waals surface area contributed by atoms with Crippen LogP contribution in [0.15, 0.2) is 24.3 Å². The molecule has 5 aliphatic rings. The van der Waals surface area contributed by atoms with Gasteiger partial charge in [0.25, 0.3) is 17.7 Å². The van der Waals surface area contributed by atoms with Crippen LogP contribution in [-0.2, 0) is 9.53 Å². The Kier molecular flexibility index (Phi) is 7.26. The molecule has 0 radical (unpaired) electrons. The maximum Gasteiger partial charge on any atom is 0.573 e. The lowest BCUT2D eigenvalue weighted by molar-refractivity contribution is -0.274. The van der Waals surface area contributed by atoms with E-state index in [-0.39, 0.29) is 47.6 Å². The highest BCUT2D eigenvalue weighted by Crippen LogP contribution is 2.53. The SMILES string of the molecule is CCN1C(=O)[C@@H](NC(=O)c2cccc(OC(F)(F)F)c2)[C@@H](C2CC2)c2c(C(=O)N3[C@H](C#N)C[C@H]4C[C@H]43)nn(C3CCOCC3)c21. The number of halogens is 3. The summed E-state index contributed by atoms with van der Waals surface area (Å²) >= 11 is 0. The van der Waals surface area contributed by atoms with E-state index in [1.54, 1.807) is 21.4 Å². The molecule has 14 heteroatoms. The van der Waals surface area contributed by atoms with Gasteiger partial charge in [-0.05, 0) is 75.5 Å². The number of benzene rings is 1. The molecule has 3 amide bonds. The Morgan fingerprint density at radius 2 is 1.91 bits per heavy atom. The van der Waals surface area contributed by atoms with Gasteiger partial charge in [-0.2, -0.15) is 10.4 Å². The molecular formula is C31H33F3N6O5. The molecule has 4 fully saturated rings. The second-order valence-electron chi connectivity index (χ2n) is 12.5. The number of anilines is 1. The Bertz CT molecular complexity index is 1580. The van der Waals surface area contributed by atoms with E-state index in [0.29, 0.717) is 49.8 Å². The minimum atomic E-state index is -4.93. The van der Waals surface area contributed by atoms with Crippen molar-refractivity contribution in [1.29, 1.82) is 5.26 Å². The predicted molar refractivity (Wildman–Crippen MR) is 151 cm³/mol. The van der Waals surface area contributed by atoms with Crippen LogP contribution in [0.2, 0.25) is 0 Å². The highest BCUT2D eigenvalue weighted by Gasteiger charge is 2.57. The number of hydrogen-bond donors (Lipinski definition) is 1. The summed E-state index contributed by atoms with van der Waals surface area (Å²) in [6, 6.07) is 5.20. The quantitative estimate of drug-likeness (QED) is 0.493. The third-order valence-electron chi connectivity index (χ3n) is 9.69. The summed E-state index contributed by atoms with van der Waals surface area (Å²) in [5, 5.41) is 17.6. The lowest BCUT2D eigenvalue weighted by Gasteiger charge is -2.39. The van der Waals surface area contributed by atoms with Crippen LogP contribution in [0.5, 0.6) is 5.75 Å². The topological polar surface area (TPSA) is 130 Å². The van der Waals surface area contributed by atoms with Crippen molar-refractivity contribution < 1.29 is 37.0 Å². The fourth-order valence-corrected chi connectivity index (χ4v) is 7.41. The van der Waals surface area contributed by atoms with Crippen LogP contribution < -0.4 is 15.0 Å². The van der Waals surface area contributed by atoms with E-state index in [4.69, 9.17) is 9.84 Å². The summed E-state index contributed by atoms with van der Waals surface area (Å²) in [6.07, 6.45) is -0.629. The highest BCUT2D eigenvalue weighted by atomic mass is 19.4. The predicted octanol–water partition coefficient (Wildman–Crippen LogP) is 3.92. The number of rotatable bonds is 7. The van der Waals surface area contributed by atoms with Crippen molar-refractivity contribution in [3.63, 3.8) is 0 Å². The summed E-state index contributed by atoms with van der Waals surface area (Å²) in [5.74, 6) is -1.77. The van der Waals surface area contributed by atoms with E-state index in [2.05, 4.69) is 16.1 Å². The highest BCUT2D eigenvalue weighted by molar-refractivity contribution is 6.07. The van der Waals surface area contributed by atoms with Crippen molar-refractivity contribution in [2.75, 3.05) is 24.7 Å². The number of nitriles is 1. The molecule has 7 rings (SSSR count). The van der Waals surface area contributed by atoms with Crippen LogP contribution in [0.3, 0.4) is 0 Å². The Morgan fingerprint density at radius 1 is 1.16 bits per heavy atom. The van der Waals surface area contributed by atoms with Crippen LogP contribution >= 0.6 is 0 Å². The second kappa shape index (κ2) is 11.0. The van der Waals surface area contributed by atoms with Crippen molar-refractivity contribution in [2.24, 2.45) is 11.8 Å². The van der Waals surface area contributed by atoms with Gasteiger partial charge < -0.3 is 19.7 Å². The first-order valence-corrected chi connectivity index (χ1v) is 15.5. The second-order valence-corrected chi connectivity index (χ2v) is 12.5. The monoisotopic (exact) mass is 626 g/mol. The van der Waals surface area contributed by atoms with Gasteiger partial charge in [0.1, 0.15) is 23.7 Å². The van der Waals surface area contributed by atoms with Gasteiger partial charge in [0.2, 0.25) is 0 Å². The van der Waals surface area contributed by atoms with Gasteiger partial charge in [-0.1, -0.05) is 6.07 Å². The first-order valence-electron chi connectivity index (χ1n) is 15.5. The van der Waals surface area contributed by atoms with Gasteiger partial charge in [-0.3, -0.25) is 19.3 Å². The fourth-order valence-electron chi connectivity index (χ4n) is 7.41. The summed E-state index contributed by atoms with van der Waals surface area (Å²) in [6.45, 7) is 3.07. The minimum Gasteiger partial charge on any atom is -0.406 e. The summed E-state index contributed by atoms with van der Waals surface area (Å²) in [7, 11) is 0. The average Bonchev–Trinajstić information content (AvgIpc) is 3.94. The molecule has 2 aromatic rings. The minimum absolute atomic E-state index is 0.0143. The van der Waals surface area contributed by atoms with Crippen LogP contribution in [0, 0.1) is 23.2 Å². The number of likely N-dealkylation sites (tertiary alicyclic amines) is 1. The summed E-state index contributed by atoms with van der Waals surface area (Å²) in [4.78, 5) is 45.3. The summed E-state index contributed by atoms with van der Waals surface area (Å²) in [5.41, 5.74) is 0.693. The standard InChI is InChI=1S/C31H33F3N6O5/c1-2-38-28-24(26(37-40(28)19-8-10-44-11-9-19)30(43)39-20(15-35)12-18-14-22(18)39)23(16-6-7-16)25(29(38)42)36-27(41)17-4-3-5-21(13-17)45-31(32,33)34/h3-5,13,16,18-20,22-23,25H,2,6-12,14H2,1H3,(H,36,41)/t18-,20-,22+,23-,25-/m0/s1. The van der Waals surface area contributed by atoms with Gasteiger partial charge in [0.15, 0.2) is 5.69 Å². The van der Waals surface area contributed by atoms with Crippen LogP contribution in [-0.4, -0.2) is 76.6 Å². The van der Waals surface area contributed by atoms with E-state index >= 15 is 0 Å². The zero-order valence-electron chi connectivity index (χ0n) is 24.6. The van der Waals surface area contributed by atoms with E-state index in [0.717, 1.165) is 31.4 Å². The Balaban J connectivity index is 1.30. The number of nitrogens with one attached hydrogen (secondary N) is 1. The van der Waals surface area contributed by atoms with Crippen molar-refractivity contribution in [3.8, 4) is 11.8 Å². The van der Waals surface area contributed by atoms with E-state index in [1.165, 1.54) is 12.1 Å². The molecule has 2 aliphatic carbocycles. The largest absolute Gasteiger partial charge is 0.573 e. The molecule has 0 bridgehead atoms. The smallest absolute Gasteiger partial charge is 0.406 e. The van der Waals surface area contributed by atoms with Gasteiger partial charge in [-0.15, -0.1) is 13.2 Å². The molecule has 1 N–H and O–H groups in total. The van der Waals surface area contributed by atoms with Crippen molar-refractivity contribution in [3.05, 3.63) is 41.1 Å². The average molecular weight is 627 g/mol. The molecule has 1 aromatic carbocycles. The number of ether oxygens (including phenoxy) is 2. The Hall–Kier alpha value is -4.12. The lowest BCUT2D eigenvalue weighted by atomic mass is 9.82. The first kappa shape index (κ1) is 29.6. The maximum atomic E-state index is 14.4. The molecule has 4 heterocycles. The number of hydrogen-bond acceptors (Lipinski definition) is 7. The lowest BCUT2D eigenvalue weighted by Crippen LogP contribution is -2.56. The van der Waals surface area contributed by atoms with E-state index in [9.17, 15) is 32.8 Å². The Morgan fingerprint density at radius 3 is 2.58 bits per heavy atom. The van der Waals surface area contributed by atoms with Gasteiger partial charge >= 0.3 is 6.36 Å². The van der Waals surface area contributed by atoms with E-state index < -0.39 is 36.0 Å². The maximum absolute atomic E-state index is 14.4. The van der Waals surface area contributed by atoms with Crippen LogP contribution in [0.25, 0.3) is 0 Å². The number of amides is 3. The zero-order valence-corrected chi connectivity index (χ0v) is 24.6. The van der Waals surface area contributed by atoms with Gasteiger partial charge in [0, 0.05) is 42.8 Å². The van der Waals surface area contributed by atoms with Crippen molar-refractivity contribution in [2.45, 2.75) is 81.9 Å². The molecule has 1 aromatic heterocycles. The molecule has 2 saturated carbocycles. The van der Waals surface area contributed by atoms with E-state index in [1.807, 2.05) is 0 Å². The summed E-state index contributed by atoms with van der Waals surface area (Å²) < 4.78 is 49.9. The Labute approximate surface area is 257 Å². The number of nitrogens with zero attached hydrogens (tertiary/aromatic N) is 5. The van der Waals surface area contributed by atoms with Gasteiger partial charge in [0.05, 0.1) is 12.1 Å². The molecule has 11 nitrogen and oxygen atoms in total. The molecule has 5 atom stereocenters. The number of aromatic nitrogens is 2. The number of carbonyl (C=O) groups excluding carboxylic acids is 3. The third kappa shape index (κ3) is 5.30. The number of likely N-dealkylation sites (N-methyl/N-ethyl adjacent to an activating group) is 1. The molecule has 0 spiro atoms. The number of fused-ring (bicyclic) bond motifs is 2. The molecule has 3 aliphatic heterocycles. The van der Waals surface area contributed by atoms with Crippen LogP contribution in [0.1, 0.15) is 83.8 Å². The van der Waals surface area contributed by atoms with Crippen LogP contribution in [0.4, 0.5) is 19.0 Å². The fraction of sp³-hybridized carbons (Fsp3) is 0.581. The normalized spacial score (nSPS) is 27.9. The molecular weight excluding hydrogens is 593 g/mol. The third-order valence-corrected chi connectivity index (χ3v) is 9.69. The number of piperidine rings is 1. The number of alkyl halides is 3. The zero-order chi connectivity index (χ0) is 31.6. The first-order chi connectivity index (χ1) is 21.6. The van der Waals surface area contributed by atoms with Crippen molar-refractivity contribution >= 4 is 23.5 Å². The molecule has 45 heavy (non-hydrogen) atoms. The van der Waals surface area contributed by atoms with Gasteiger partial charge in [-0.25, -0.2) is 4.68 Å². The number of carbonyl (C=O) groups is 3. The molecule has 2 saturated heterocycles. The molecule has 0 unspecified atom stereocenters. The van der Waals surface area contributed by atoms with Crippen molar-refractivity contribution in [1.82, 2.24) is 20.0 Å². The molecule has 238 valence electrons.